The normalized spacial score (nSPS) is 31.1. The van der Waals surface area contributed by atoms with E-state index < -0.39 is 60.1 Å². The number of hydrogen-bond acceptors (Lipinski definition) is 8. The maximum absolute atomic E-state index is 13.0. The molecule has 0 aromatic heterocycles. The monoisotopic (exact) mass is 491 g/mol. The zero-order valence-electron chi connectivity index (χ0n) is 20.5. The summed E-state index contributed by atoms with van der Waals surface area (Å²) in [7, 11) is 0. The Hall–Kier alpha value is -2.57. The predicted molar refractivity (Wildman–Crippen MR) is 121 cm³/mol. The molecule has 0 spiro atoms. The summed E-state index contributed by atoms with van der Waals surface area (Å²) in [6.45, 7) is 8.57. The van der Waals surface area contributed by atoms with Gasteiger partial charge >= 0.3 is 0 Å². The number of ether oxygens (including phenoxy) is 5. The third-order valence-corrected chi connectivity index (χ3v) is 5.92. The summed E-state index contributed by atoms with van der Waals surface area (Å²) < 4.78 is 29.5. The number of carbonyl (C=O) groups excluding carboxylic acids is 3. The third-order valence-electron chi connectivity index (χ3n) is 5.92. The number of nitrogens with one attached hydrogen (secondary N) is 3. The van der Waals surface area contributed by atoms with Crippen molar-refractivity contribution in [2.24, 2.45) is 0 Å². The molecule has 0 bridgehead atoms. The SMILES string of the molecule is C[C@@H](NC(=O)CNC(=O)[C@H]1O[C@@H]2OC(C)(C)O[C@@H]2[C@H]2OC(C)(C)O[C@H]21)C(=O)NCc1ccccc1. The average molecular weight is 492 g/mol. The lowest BCUT2D eigenvalue weighted by Crippen LogP contribution is -2.60. The van der Waals surface area contributed by atoms with Gasteiger partial charge in [0.25, 0.3) is 5.91 Å². The van der Waals surface area contributed by atoms with Crippen molar-refractivity contribution < 1.29 is 38.1 Å². The van der Waals surface area contributed by atoms with Gasteiger partial charge in [-0.05, 0) is 40.2 Å². The molecule has 35 heavy (non-hydrogen) atoms. The van der Waals surface area contributed by atoms with Gasteiger partial charge < -0.3 is 39.6 Å². The molecule has 0 aliphatic carbocycles. The molecule has 3 saturated heterocycles. The van der Waals surface area contributed by atoms with Crippen LogP contribution < -0.4 is 16.0 Å². The van der Waals surface area contributed by atoms with Crippen LogP contribution in [0.15, 0.2) is 30.3 Å². The van der Waals surface area contributed by atoms with Crippen LogP contribution in [0.1, 0.15) is 40.2 Å². The molecule has 4 rings (SSSR count). The lowest BCUT2D eigenvalue weighted by Gasteiger charge is -2.36. The van der Waals surface area contributed by atoms with Crippen LogP contribution >= 0.6 is 0 Å². The van der Waals surface area contributed by atoms with E-state index in [2.05, 4.69) is 16.0 Å². The van der Waals surface area contributed by atoms with E-state index in [9.17, 15) is 14.4 Å². The molecule has 3 N–H and O–H groups in total. The van der Waals surface area contributed by atoms with Gasteiger partial charge in [-0.3, -0.25) is 14.4 Å². The Morgan fingerprint density at radius 3 is 2.23 bits per heavy atom. The average Bonchev–Trinajstić information content (AvgIpc) is 3.29. The van der Waals surface area contributed by atoms with E-state index in [1.54, 1.807) is 34.6 Å². The van der Waals surface area contributed by atoms with Crippen LogP contribution in [-0.4, -0.2) is 72.6 Å². The Bertz CT molecular complexity index is 953. The van der Waals surface area contributed by atoms with Crippen LogP contribution in [-0.2, 0) is 44.6 Å². The van der Waals surface area contributed by atoms with E-state index in [1.807, 2.05) is 30.3 Å². The van der Waals surface area contributed by atoms with Gasteiger partial charge in [-0.15, -0.1) is 0 Å². The Morgan fingerprint density at radius 2 is 1.51 bits per heavy atom. The van der Waals surface area contributed by atoms with Crippen LogP contribution in [0.3, 0.4) is 0 Å². The van der Waals surface area contributed by atoms with Gasteiger partial charge in [-0.1, -0.05) is 30.3 Å². The highest BCUT2D eigenvalue weighted by Crippen LogP contribution is 2.44. The first-order valence-electron chi connectivity index (χ1n) is 11.7. The molecule has 1 aromatic carbocycles. The van der Waals surface area contributed by atoms with Crippen LogP contribution in [0.4, 0.5) is 0 Å². The van der Waals surface area contributed by atoms with E-state index in [0.29, 0.717) is 6.54 Å². The minimum absolute atomic E-state index is 0.335. The number of amides is 3. The van der Waals surface area contributed by atoms with Gasteiger partial charge in [0.1, 0.15) is 24.4 Å². The molecule has 192 valence electrons. The summed E-state index contributed by atoms with van der Waals surface area (Å²) >= 11 is 0. The molecule has 0 radical (unpaired) electrons. The van der Waals surface area contributed by atoms with E-state index in [4.69, 9.17) is 23.7 Å². The Labute approximate surface area is 204 Å². The second kappa shape index (κ2) is 9.82. The molecular formula is C24H33N3O8. The van der Waals surface area contributed by atoms with Crippen LogP contribution in [0.2, 0.25) is 0 Å². The maximum atomic E-state index is 13.0. The summed E-state index contributed by atoms with van der Waals surface area (Å²) in [4.78, 5) is 37.6. The second-order valence-electron chi connectivity index (χ2n) is 9.80. The molecule has 1 aromatic rings. The summed E-state index contributed by atoms with van der Waals surface area (Å²) in [5, 5.41) is 7.89. The van der Waals surface area contributed by atoms with Crippen molar-refractivity contribution in [3.8, 4) is 0 Å². The van der Waals surface area contributed by atoms with Gasteiger partial charge in [0.15, 0.2) is 24.0 Å². The first-order valence-corrected chi connectivity index (χ1v) is 11.7. The minimum Gasteiger partial charge on any atom is -0.350 e. The Kier molecular flexibility index (Phi) is 7.16. The smallest absolute Gasteiger partial charge is 0.252 e. The predicted octanol–water partition coefficient (Wildman–Crippen LogP) is 0.320. The molecular weight excluding hydrogens is 458 g/mol. The zero-order valence-corrected chi connectivity index (χ0v) is 20.5. The van der Waals surface area contributed by atoms with Gasteiger partial charge in [0, 0.05) is 6.54 Å². The van der Waals surface area contributed by atoms with Gasteiger partial charge in [-0.25, -0.2) is 0 Å². The molecule has 11 heteroatoms. The number of fused-ring (bicyclic) bond motifs is 3. The van der Waals surface area contributed by atoms with Gasteiger partial charge in [-0.2, -0.15) is 0 Å². The number of hydrogen-bond donors (Lipinski definition) is 3. The van der Waals surface area contributed by atoms with Gasteiger partial charge in [0.2, 0.25) is 11.8 Å². The molecule has 3 fully saturated rings. The Morgan fingerprint density at radius 1 is 0.886 bits per heavy atom. The first kappa shape index (κ1) is 25.5. The lowest BCUT2D eigenvalue weighted by molar-refractivity contribution is -0.231. The second-order valence-corrected chi connectivity index (χ2v) is 9.80. The fourth-order valence-corrected chi connectivity index (χ4v) is 4.39. The van der Waals surface area contributed by atoms with Crippen molar-refractivity contribution in [3.05, 3.63) is 35.9 Å². The van der Waals surface area contributed by atoms with Crippen LogP contribution in [0.25, 0.3) is 0 Å². The van der Waals surface area contributed by atoms with E-state index in [1.165, 1.54) is 0 Å². The highest BCUT2D eigenvalue weighted by molar-refractivity contribution is 5.90. The van der Waals surface area contributed by atoms with Crippen molar-refractivity contribution >= 4 is 17.7 Å². The van der Waals surface area contributed by atoms with E-state index in [0.717, 1.165) is 5.56 Å². The number of benzene rings is 1. The Balaban J connectivity index is 1.28. The standard InChI is InChI=1S/C24H33N3O8/c1-13(20(29)25-11-14-9-7-6-8-10-14)27-15(28)12-26-21(30)18-16-17(33-23(2,3)32-16)19-22(31-18)35-24(4,5)34-19/h6-10,13,16-19,22H,11-12H2,1-5H3,(H,25,29)(H,26,30)(H,27,28)/t13-,16-,17+,18+,19-,22-/m1/s1. The van der Waals surface area contributed by atoms with Crippen LogP contribution in [0.5, 0.6) is 0 Å². The molecule has 3 heterocycles. The summed E-state index contributed by atoms with van der Waals surface area (Å²) in [6.07, 6.45) is -3.76. The molecule has 3 aliphatic rings. The topological polar surface area (TPSA) is 133 Å². The summed E-state index contributed by atoms with van der Waals surface area (Å²) in [5.74, 6) is -3.25. The van der Waals surface area contributed by atoms with E-state index in [-0.39, 0.29) is 12.5 Å². The quantitative estimate of drug-likeness (QED) is 0.497. The maximum Gasteiger partial charge on any atom is 0.252 e. The van der Waals surface area contributed by atoms with Crippen molar-refractivity contribution in [1.29, 1.82) is 0 Å². The third kappa shape index (κ3) is 5.99. The molecule has 3 amide bonds. The minimum atomic E-state index is -1.07. The molecule has 11 nitrogen and oxygen atoms in total. The number of rotatable bonds is 7. The highest BCUT2D eigenvalue weighted by Gasteiger charge is 2.62. The number of carbonyl (C=O) groups is 3. The largest absolute Gasteiger partial charge is 0.350 e. The molecule has 3 aliphatic heterocycles. The molecule has 0 unspecified atom stereocenters. The molecule has 0 saturated carbocycles. The van der Waals surface area contributed by atoms with Crippen molar-refractivity contribution in [2.45, 2.75) is 89.5 Å². The van der Waals surface area contributed by atoms with Crippen LogP contribution in [0, 0.1) is 0 Å². The fraction of sp³-hybridized carbons (Fsp3) is 0.625. The van der Waals surface area contributed by atoms with Crippen molar-refractivity contribution in [2.75, 3.05) is 6.54 Å². The van der Waals surface area contributed by atoms with Crippen molar-refractivity contribution in [1.82, 2.24) is 16.0 Å². The lowest BCUT2D eigenvalue weighted by atomic mass is 9.98. The highest BCUT2D eigenvalue weighted by atomic mass is 16.9. The first-order chi connectivity index (χ1) is 16.4. The summed E-state index contributed by atoms with van der Waals surface area (Å²) in [5.41, 5.74) is 0.945. The fourth-order valence-electron chi connectivity index (χ4n) is 4.39. The van der Waals surface area contributed by atoms with Crippen molar-refractivity contribution in [3.63, 3.8) is 0 Å². The van der Waals surface area contributed by atoms with E-state index >= 15 is 0 Å². The zero-order chi connectivity index (χ0) is 25.4. The molecule has 6 atom stereocenters. The van der Waals surface area contributed by atoms with Gasteiger partial charge in [0.05, 0.1) is 6.54 Å². The summed E-state index contributed by atoms with van der Waals surface area (Å²) in [6, 6.07) is 8.65.